The van der Waals surface area contributed by atoms with Gasteiger partial charge in [-0.15, -0.1) is 0 Å². The van der Waals surface area contributed by atoms with Crippen LogP contribution >= 0.6 is 0 Å². The number of rotatable bonds is 2. The SMILES string of the molecule is O=C(c1ccc(C#Cc2ccccc2)cc1)N1CCC(n2c(=O)[nH]c3ccccc32)CC1. The van der Waals surface area contributed by atoms with Crippen LogP contribution in [0.5, 0.6) is 0 Å². The van der Waals surface area contributed by atoms with Gasteiger partial charge in [-0.2, -0.15) is 0 Å². The number of piperidine rings is 1. The van der Waals surface area contributed by atoms with Crippen molar-refractivity contribution in [1.82, 2.24) is 14.5 Å². The van der Waals surface area contributed by atoms with Crippen LogP contribution < -0.4 is 5.69 Å². The summed E-state index contributed by atoms with van der Waals surface area (Å²) >= 11 is 0. The molecule has 32 heavy (non-hydrogen) atoms. The fraction of sp³-hybridized carbons (Fsp3) is 0.185. The van der Waals surface area contributed by atoms with Crippen molar-refractivity contribution in [1.29, 1.82) is 0 Å². The van der Waals surface area contributed by atoms with Crippen LogP contribution in [0.1, 0.15) is 40.4 Å². The molecule has 0 unspecified atom stereocenters. The minimum Gasteiger partial charge on any atom is -0.338 e. The van der Waals surface area contributed by atoms with Gasteiger partial charge in [0.1, 0.15) is 0 Å². The first-order valence-electron chi connectivity index (χ1n) is 10.8. The second-order valence-corrected chi connectivity index (χ2v) is 8.03. The molecule has 5 rings (SSSR count). The van der Waals surface area contributed by atoms with Crippen molar-refractivity contribution >= 4 is 16.9 Å². The number of imidazole rings is 1. The minimum atomic E-state index is -0.0804. The van der Waals surface area contributed by atoms with Gasteiger partial charge in [-0.3, -0.25) is 9.36 Å². The van der Waals surface area contributed by atoms with Crippen LogP contribution in [0, 0.1) is 11.8 Å². The van der Waals surface area contributed by atoms with Gasteiger partial charge in [0.15, 0.2) is 0 Å². The van der Waals surface area contributed by atoms with Crippen LogP contribution in [0.2, 0.25) is 0 Å². The summed E-state index contributed by atoms with van der Waals surface area (Å²) in [5.41, 5.74) is 4.20. The minimum absolute atomic E-state index is 0.0253. The Bertz CT molecular complexity index is 1360. The number of carbonyl (C=O) groups is 1. The fourth-order valence-corrected chi connectivity index (χ4v) is 4.31. The Morgan fingerprint density at radius 2 is 1.44 bits per heavy atom. The molecule has 1 aliphatic rings. The highest BCUT2D eigenvalue weighted by atomic mass is 16.2. The molecule has 4 aromatic rings. The van der Waals surface area contributed by atoms with Crippen molar-refractivity contribution in [2.45, 2.75) is 18.9 Å². The Labute approximate surface area is 186 Å². The van der Waals surface area contributed by atoms with E-state index in [1.807, 2.05) is 88.3 Å². The molecule has 1 amide bonds. The van der Waals surface area contributed by atoms with Crippen LogP contribution in [0.15, 0.2) is 83.7 Å². The van der Waals surface area contributed by atoms with Gasteiger partial charge in [0.05, 0.1) is 11.0 Å². The predicted molar refractivity (Wildman–Crippen MR) is 126 cm³/mol. The lowest BCUT2D eigenvalue weighted by Crippen LogP contribution is -2.40. The van der Waals surface area contributed by atoms with Crippen molar-refractivity contribution in [2.75, 3.05) is 13.1 Å². The van der Waals surface area contributed by atoms with Crippen molar-refractivity contribution in [3.63, 3.8) is 0 Å². The molecule has 0 aliphatic carbocycles. The van der Waals surface area contributed by atoms with Gasteiger partial charge < -0.3 is 9.88 Å². The van der Waals surface area contributed by atoms with E-state index in [0.29, 0.717) is 18.7 Å². The fourth-order valence-electron chi connectivity index (χ4n) is 4.31. The number of aromatic nitrogens is 2. The third-order valence-electron chi connectivity index (χ3n) is 6.00. The number of aromatic amines is 1. The average molecular weight is 422 g/mol. The summed E-state index contributed by atoms with van der Waals surface area (Å²) in [6, 6.07) is 25.1. The van der Waals surface area contributed by atoms with E-state index in [1.165, 1.54) is 0 Å². The number of benzene rings is 3. The van der Waals surface area contributed by atoms with Crippen molar-refractivity contribution in [2.24, 2.45) is 0 Å². The molecule has 1 fully saturated rings. The highest BCUT2D eigenvalue weighted by Gasteiger charge is 2.26. The molecule has 1 saturated heterocycles. The molecule has 2 heterocycles. The van der Waals surface area contributed by atoms with E-state index >= 15 is 0 Å². The number of hydrogen-bond donors (Lipinski definition) is 1. The quantitative estimate of drug-likeness (QED) is 0.493. The van der Waals surface area contributed by atoms with Crippen LogP contribution in [-0.2, 0) is 0 Å². The number of likely N-dealkylation sites (tertiary alicyclic amines) is 1. The monoisotopic (exact) mass is 421 g/mol. The number of fused-ring (bicyclic) bond motifs is 1. The topological polar surface area (TPSA) is 58.1 Å². The molecule has 0 spiro atoms. The number of nitrogens with one attached hydrogen (secondary N) is 1. The van der Waals surface area contributed by atoms with E-state index in [-0.39, 0.29) is 17.6 Å². The molecule has 0 atom stereocenters. The standard InChI is InChI=1S/C27H23N3O2/c31-26(22-14-12-21(13-15-22)11-10-20-6-2-1-3-7-20)29-18-16-23(17-19-29)30-25-9-5-4-8-24(25)28-27(30)32/h1-9,12-15,23H,16-19H2,(H,28,32). The van der Waals surface area contributed by atoms with E-state index in [4.69, 9.17) is 0 Å². The summed E-state index contributed by atoms with van der Waals surface area (Å²) < 4.78 is 1.84. The van der Waals surface area contributed by atoms with E-state index in [9.17, 15) is 9.59 Å². The second-order valence-electron chi connectivity index (χ2n) is 8.03. The third kappa shape index (κ3) is 3.95. The summed E-state index contributed by atoms with van der Waals surface area (Å²) in [6.45, 7) is 1.26. The zero-order chi connectivity index (χ0) is 21.9. The number of hydrogen-bond acceptors (Lipinski definition) is 2. The number of H-pyrrole nitrogens is 1. The van der Waals surface area contributed by atoms with E-state index in [2.05, 4.69) is 16.8 Å². The normalized spacial score (nSPS) is 14.2. The van der Waals surface area contributed by atoms with Crippen molar-refractivity contribution in [3.8, 4) is 11.8 Å². The molecular weight excluding hydrogens is 398 g/mol. The summed E-state index contributed by atoms with van der Waals surface area (Å²) in [5, 5.41) is 0. The van der Waals surface area contributed by atoms with E-state index in [0.717, 1.165) is 35.0 Å². The van der Waals surface area contributed by atoms with Gasteiger partial charge in [-0.1, -0.05) is 42.2 Å². The largest absolute Gasteiger partial charge is 0.338 e. The van der Waals surface area contributed by atoms with E-state index in [1.54, 1.807) is 0 Å². The van der Waals surface area contributed by atoms with Crippen molar-refractivity contribution in [3.05, 3.63) is 106 Å². The summed E-state index contributed by atoms with van der Waals surface area (Å²) in [5.74, 6) is 6.30. The summed E-state index contributed by atoms with van der Waals surface area (Å²) in [7, 11) is 0. The molecular formula is C27H23N3O2. The molecule has 158 valence electrons. The Morgan fingerprint density at radius 1 is 0.812 bits per heavy atom. The first-order valence-corrected chi connectivity index (χ1v) is 10.8. The Kier molecular flexibility index (Phi) is 5.35. The summed E-state index contributed by atoms with van der Waals surface area (Å²) in [4.78, 5) is 30.2. The van der Waals surface area contributed by atoms with Crippen molar-refractivity contribution < 1.29 is 4.79 Å². The molecule has 3 aromatic carbocycles. The molecule has 1 aliphatic heterocycles. The van der Waals surface area contributed by atoms with Gasteiger partial charge in [0.25, 0.3) is 5.91 Å². The van der Waals surface area contributed by atoms with Crippen LogP contribution in [-0.4, -0.2) is 33.4 Å². The number of nitrogens with zero attached hydrogens (tertiary/aromatic N) is 2. The number of para-hydroxylation sites is 2. The van der Waals surface area contributed by atoms with Gasteiger partial charge in [-0.05, 0) is 61.4 Å². The highest BCUT2D eigenvalue weighted by Crippen LogP contribution is 2.25. The third-order valence-corrected chi connectivity index (χ3v) is 6.00. The number of amides is 1. The van der Waals surface area contributed by atoms with Crippen LogP contribution in [0.4, 0.5) is 0 Å². The first kappa shape index (κ1) is 19.9. The average Bonchev–Trinajstić information content (AvgIpc) is 3.19. The molecule has 1 aromatic heterocycles. The molecule has 0 bridgehead atoms. The zero-order valence-electron chi connectivity index (χ0n) is 17.6. The molecule has 5 nitrogen and oxygen atoms in total. The van der Waals surface area contributed by atoms with Gasteiger partial charge >= 0.3 is 5.69 Å². The maximum atomic E-state index is 13.0. The lowest BCUT2D eigenvalue weighted by molar-refractivity contribution is 0.0695. The zero-order valence-corrected chi connectivity index (χ0v) is 17.6. The maximum Gasteiger partial charge on any atom is 0.326 e. The Balaban J connectivity index is 1.25. The first-order chi connectivity index (χ1) is 15.7. The Hall–Kier alpha value is -4.04. The second kappa shape index (κ2) is 8.60. The summed E-state index contributed by atoms with van der Waals surface area (Å²) in [6.07, 6.45) is 1.52. The molecule has 0 radical (unpaired) electrons. The highest BCUT2D eigenvalue weighted by molar-refractivity contribution is 5.94. The van der Waals surface area contributed by atoms with Crippen LogP contribution in [0.25, 0.3) is 11.0 Å². The molecule has 5 heteroatoms. The lowest BCUT2D eigenvalue weighted by atomic mass is 10.0. The van der Waals surface area contributed by atoms with Gasteiger partial charge in [-0.25, -0.2) is 4.79 Å². The predicted octanol–water partition coefficient (Wildman–Crippen LogP) is 4.21. The smallest absolute Gasteiger partial charge is 0.326 e. The van der Waals surface area contributed by atoms with Crippen LogP contribution in [0.3, 0.4) is 0 Å². The van der Waals surface area contributed by atoms with Gasteiger partial charge in [0, 0.05) is 35.8 Å². The maximum absolute atomic E-state index is 13.0. The molecule has 1 N–H and O–H groups in total. The van der Waals surface area contributed by atoms with E-state index < -0.39 is 0 Å². The number of carbonyl (C=O) groups excluding carboxylic acids is 1. The Morgan fingerprint density at radius 3 is 2.16 bits per heavy atom. The van der Waals surface area contributed by atoms with Gasteiger partial charge in [0.2, 0.25) is 0 Å². The molecule has 0 saturated carbocycles. The lowest BCUT2D eigenvalue weighted by Gasteiger charge is -2.32.